The van der Waals surface area contributed by atoms with Gasteiger partial charge >= 0.3 is 4.87 Å². The van der Waals surface area contributed by atoms with Crippen molar-refractivity contribution in [3.8, 4) is 0 Å². The lowest BCUT2D eigenvalue weighted by Crippen LogP contribution is -2.41. The first kappa shape index (κ1) is 12.1. The Morgan fingerprint density at radius 3 is 2.75 bits per heavy atom. The first-order valence-electron chi connectivity index (χ1n) is 5.23. The fourth-order valence-electron chi connectivity index (χ4n) is 2.03. The van der Waals surface area contributed by atoms with Crippen LogP contribution in [0.2, 0.25) is 0 Å². The van der Waals surface area contributed by atoms with Gasteiger partial charge in [0.2, 0.25) is 0 Å². The lowest BCUT2D eigenvalue weighted by Gasteiger charge is -2.35. The van der Waals surface area contributed by atoms with Gasteiger partial charge in [0, 0.05) is 18.0 Å². The minimum atomic E-state index is -0.686. The topological polar surface area (TPSA) is 94.8 Å². The molecule has 1 aliphatic heterocycles. The van der Waals surface area contributed by atoms with Crippen LogP contribution in [0.5, 0.6) is 0 Å². The molecule has 1 aromatic rings. The van der Waals surface area contributed by atoms with Crippen LogP contribution in [0.3, 0.4) is 0 Å². The molecule has 5 nitrogen and oxygen atoms in total. The van der Waals surface area contributed by atoms with Gasteiger partial charge in [0.05, 0.1) is 0 Å². The Morgan fingerprint density at radius 2 is 2.25 bits per heavy atom. The zero-order valence-corrected chi connectivity index (χ0v) is 10.5. The van der Waals surface area contributed by atoms with Crippen molar-refractivity contribution in [3.05, 3.63) is 15.5 Å². The number of hydrogen-bond donors (Lipinski definition) is 2. The Labute approximate surface area is 101 Å². The summed E-state index contributed by atoms with van der Waals surface area (Å²) in [6.07, 6.45) is 2.41. The number of nitrogens with zero attached hydrogens (tertiary/aromatic N) is 1. The van der Waals surface area contributed by atoms with Crippen molar-refractivity contribution >= 4 is 22.7 Å². The standard InChI is InChI=1S/C9H15N3O2S2/c10-6-9(1-3-16(14)4-2-9)5-7-11-8(13)15-12-7/h1-6,10H2,(H,11,12,13). The number of H-pyrrole nitrogens is 1. The van der Waals surface area contributed by atoms with Gasteiger partial charge in [-0.3, -0.25) is 9.78 Å². The minimum absolute atomic E-state index is 0.0229. The summed E-state index contributed by atoms with van der Waals surface area (Å²) in [6, 6.07) is 0. The fourth-order valence-corrected chi connectivity index (χ4v) is 4.02. The normalized spacial score (nSPS) is 30.5. The number of rotatable bonds is 3. The summed E-state index contributed by atoms with van der Waals surface area (Å²) in [4.78, 5) is 13.6. The van der Waals surface area contributed by atoms with Crippen LogP contribution in [0.4, 0.5) is 0 Å². The Kier molecular flexibility index (Phi) is 3.68. The summed E-state index contributed by atoms with van der Waals surface area (Å²) in [5.41, 5.74) is 5.80. The Balaban J connectivity index is 2.07. The van der Waals surface area contributed by atoms with Crippen LogP contribution in [-0.4, -0.2) is 32.0 Å². The van der Waals surface area contributed by atoms with E-state index in [9.17, 15) is 9.35 Å². The average Bonchev–Trinajstić information content (AvgIpc) is 2.68. The molecule has 0 radical (unpaired) electrons. The largest absolute Gasteiger partial charge is 0.616 e. The van der Waals surface area contributed by atoms with Crippen LogP contribution in [0.1, 0.15) is 18.7 Å². The smallest absolute Gasteiger partial charge is 0.323 e. The minimum Gasteiger partial charge on any atom is -0.616 e. The molecular formula is C9H15N3O2S2. The molecule has 1 fully saturated rings. The molecule has 7 heteroatoms. The van der Waals surface area contributed by atoms with Gasteiger partial charge in [-0.05, 0) is 24.8 Å². The third-order valence-corrected chi connectivity index (χ3v) is 5.08. The van der Waals surface area contributed by atoms with Crippen molar-refractivity contribution in [3.63, 3.8) is 0 Å². The molecule has 0 bridgehead atoms. The Bertz CT molecular complexity index is 395. The van der Waals surface area contributed by atoms with Crippen molar-refractivity contribution in [2.45, 2.75) is 19.3 Å². The molecule has 2 heterocycles. The van der Waals surface area contributed by atoms with E-state index in [2.05, 4.69) is 9.36 Å². The van der Waals surface area contributed by atoms with E-state index < -0.39 is 11.2 Å². The van der Waals surface area contributed by atoms with Gasteiger partial charge in [-0.25, -0.2) is 0 Å². The van der Waals surface area contributed by atoms with Crippen molar-refractivity contribution in [1.82, 2.24) is 9.36 Å². The maximum absolute atomic E-state index is 11.3. The van der Waals surface area contributed by atoms with E-state index in [1.807, 2.05) is 0 Å². The van der Waals surface area contributed by atoms with Crippen LogP contribution in [0, 0.1) is 5.41 Å². The maximum Gasteiger partial charge on any atom is 0.323 e. The summed E-state index contributed by atoms with van der Waals surface area (Å²) in [6.45, 7) is 0.559. The fraction of sp³-hybridized carbons (Fsp3) is 0.778. The van der Waals surface area contributed by atoms with Crippen molar-refractivity contribution in [2.75, 3.05) is 18.1 Å². The van der Waals surface area contributed by atoms with E-state index in [4.69, 9.17) is 5.73 Å². The second-order valence-corrected chi connectivity index (χ2v) is 6.70. The van der Waals surface area contributed by atoms with Gasteiger partial charge in [0.15, 0.2) is 0 Å². The number of aromatic nitrogens is 2. The van der Waals surface area contributed by atoms with E-state index in [1.165, 1.54) is 0 Å². The summed E-state index contributed by atoms with van der Waals surface area (Å²) in [5.74, 6) is 2.14. The summed E-state index contributed by atoms with van der Waals surface area (Å²) in [7, 11) is 0. The molecule has 1 aromatic heterocycles. The molecule has 0 aliphatic carbocycles. The predicted octanol–water partition coefficient (Wildman–Crippen LogP) is -0.139. The van der Waals surface area contributed by atoms with Crippen molar-refractivity contribution in [2.24, 2.45) is 11.1 Å². The van der Waals surface area contributed by atoms with Crippen molar-refractivity contribution in [1.29, 1.82) is 0 Å². The molecule has 1 saturated heterocycles. The van der Waals surface area contributed by atoms with Crippen LogP contribution in [0.15, 0.2) is 4.79 Å². The highest BCUT2D eigenvalue weighted by Gasteiger charge is 2.36. The van der Waals surface area contributed by atoms with E-state index in [0.29, 0.717) is 30.3 Å². The third-order valence-electron chi connectivity index (χ3n) is 3.18. The first-order valence-corrected chi connectivity index (χ1v) is 7.50. The highest BCUT2D eigenvalue weighted by Crippen LogP contribution is 2.34. The molecule has 0 saturated carbocycles. The summed E-state index contributed by atoms with van der Waals surface area (Å²) >= 11 is 0.254. The number of aromatic amines is 1. The molecule has 2 rings (SSSR count). The van der Waals surface area contributed by atoms with Gasteiger partial charge in [-0.2, -0.15) is 4.37 Å². The van der Waals surface area contributed by atoms with E-state index in [-0.39, 0.29) is 10.3 Å². The van der Waals surface area contributed by atoms with E-state index in [0.717, 1.165) is 24.4 Å². The van der Waals surface area contributed by atoms with Crippen LogP contribution < -0.4 is 10.6 Å². The molecule has 1 aliphatic rings. The van der Waals surface area contributed by atoms with Crippen LogP contribution >= 0.6 is 11.5 Å². The summed E-state index contributed by atoms with van der Waals surface area (Å²) in [5, 5.41) is 0. The SMILES string of the molecule is NCC1(Cc2nsc(=O)[nH]2)CC[S+]([O-])CC1. The molecule has 3 N–H and O–H groups in total. The highest BCUT2D eigenvalue weighted by molar-refractivity contribution is 7.91. The monoisotopic (exact) mass is 261 g/mol. The molecule has 90 valence electrons. The third kappa shape index (κ3) is 2.65. The lowest BCUT2D eigenvalue weighted by atomic mass is 9.79. The number of hydrogen-bond acceptors (Lipinski definition) is 5. The summed E-state index contributed by atoms with van der Waals surface area (Å²) < 4.78 is 15.4. The van der Waals surface area contributed by atoms with E-state index in [1.54, 1.807) is 0 Å². The van der Waals surface area contributed by atoms with Gasteiger partial charge in [-0.15, -0.1) is 0 Å². The molecule has 0 unspecified atom stereocenters. The van der Waals surface area contributed by atoms with Gasteiger partial charge < -0.3 is 10.3 Å². The first-order chi connectivity index (χ1) is 7.63. The van der Waals surface area contributed by atoms with Gasteiger partial charge in [0.1, 0.15) is 17.3 Å². The average molecular weight is 261 g/mol. The molecule has 0 spiro atoms. The molecule has 0 aromatic carbocycles. The van der Waals surface area contributed by atoms with Gasteiger partial charge in [-0.1, -0.05) is 11.2 Å². The highest BCUT2D eigenvalue weighted by atomic mass is 32.2. The molecule has 16 heavy (non-hydrogen) atoms. The Morgan fingerprint density at radius 1 is 1.56 bits per heavy atom. The van der Waals surface area contributed by atoms with E-state index >= 15 is 0 Å². The zero-order chi connectivity index (χ0) is 11.6. The molecule has 0 atom stereocenters. The molecule has 0 amide bonds. The zero-order valence-electron chi connectivity index (χ0n) is 8.90. The second-order valence-electron chi connectivity index (χ2n) is 4.27. The second kappa shape index (κ2) is 4.87. The number of nitrogens with one attached hydrogen (secondary N) is 1. The number of nitrogens with two attached hydrogens (primary N) is 1. The quantitative estimate of drug-likeness (QED) is 0.740. The van der Waals surface area contributed by atoms with Crippen LogP contribution in [0.25, 0.3) is 0 Å². The maximum atomic E-state index is 11.3. The van der Waals surface area contributed by atoms with Crippen molar-refractivity contribution < 1.29 is 4.55 Å². The Hall–Kier alpha value is -0.370. The van der Waals surface area contributed by atoms with Crippen LogP contribution in [-0.2, 0) is 17.6 Å². The lowest BCUT2D eigenvalue weighted by molar-refractivity contribution is 0.259. The van der Waals surface area contributed by atoms with Gasteiger partial charge in [0.25, 0.3) is 0 Å². The predicted molar refractivity (Wildman–Crippen MR) is 65.0 cm³/mol. The molecular weight excluding hydrogens is 246 g/mol.